The number of carbonyl (C=O) groups excluding carboxylic acids is 1. The molecule has 3 heteroatoms. The summed E-state index contributed by atoms with van der Waals surface area (Å²) in [4.78, 5) is 11.7. The van der Waals surface area contributed by atoms with Gasteiger partial charge in [-0.1, -0.05) is 27.4 Å². The van der Waals surface area contributed by atoms with Crippen LogP contribution in [0.1, 0.15) is 53.9 Å². The van der Waals surface area contributed by atoms with Crippen LogP contribution < -0.4 is 0 Å². The fourth-order valence-electron chi connectivity index (χ4n) is 2.58. The van der Waals surface area contributed by atoms with Crippen LogP contribution in [-0.2, 0) is 9.53 Å². The topological polar surface area (TPSA) is 26.3 Å². The van der Waals surface area contributed by atoms with E-state index in [4.69, 9.17) is 4.74 Å². The van der Waals surface area contributed by atoms with Gasteiger partial charge in [0.15, 0.2) is 0 Å². The molecule has 0 aliphatic heterocycles. The minimum absolute atomic E-state index is 0.0888. The lowest BCUT2D eigenvalue weighted by Gasteiger charge is -2.42. The quantitative estimate of drug-likeness (QED) is 0.273. The molecule has 106 valence electrons. The summed E-state index contributed by atoms with van der Waals surface area (Å²) in [7, 11) is 0. The van der Waals surface area contributed by atoms with Gasteiger partial charge in [-0.2, -0.15) is 0 Å². The van der Waals surface area contributed by atoms with Gasteiger partial charge < -0.3 is 4.74 Å². The van der Waals surface area contributed by atoms with Gasteiger partial charge in [-0.25, -0.2) is 4.79 Å². The van der Waals surface area contributed by atoms with Crippen molar-refractivity contribution in [1.82, 2.24) is 0 Å². The van der Waals surface area contributed by atoms with E-state index in [1.807, 2.05) is 6.92 Å². The van der Waals surface area contributed by atoms with E-state index in [1.165, 1.54) is 0 Å². The Kier molecular flexibility index (Phi) is 7.92. The molecule has 0 aliphatic rings. The standard InChI is InChI=1S/C15H30NO2/c1-7-10-16(11-8-2,12-9-3)14(6)18-15(17)13(4)5/h14H,4,7-12H2,1-3,5-6H3/q+1. The average molecular weight is 256 g/mol. The van der Waals surface area contributed by atoms with Gasteiger partial charge in [-0.05, 0) is 26.2 Å². The van der Waals surface area contributed by atoms with E-state index in [1.54, 1.807) is 6.92 Å². The van der Waals surface area contributed by atoms with E-state index in [2.05, 4.69) is 27.4 Å². The van der Waals surface area contributed by atoms with Gasteiger partial charge in [0.25, 0.3) is 0 Å². The number of carbonyl (C=O) groups is 1. The maximum absolute atomic E-state index is 11.7. The number of quaternary nitrogens is 1. The normalized spacial score (nSPS) is 13.2. The van der Waals surface area contributed by atoms with Crippen molar-refractivity contribution in [3.05, 3.63) is 12.2 Å². The fourth-order valence-corrected chi connectivity index (χ4v) is 2.58. The summed E-state index contributed by atoms with van der Waals surface area (Å²) in [5.74, 6) is -0.270. The number of esters is 1. The van der Waals surface area contributed by atoms with E-state index in [0.717, 1.165) is 43.4 Å². The Morgan fingerprint density at radius 3 is 1.78 bits per heavy atom. The van der Waals surface area contributed by atoms with Gasteiger partial charge in [0.1, 0.15) is 0 Å². The predicted octanol–water partition coefficient (Wildman–Crippen LogP) is 3.50. The monoisotopic (exact) mass is 256 g/mol. The molecule has 0 saturated heterocycles. The molecule has 0 N–H and O–H groups in total. The molecule has 0 amide bonds. The summed E-state index contributed by atoms with van der Waals surface area (Å²) >= 11 is 0. The van der Waals surface area contributed by atoms with Gasteiger partial charge in [-0.3, -0.25) is 4.48 Å². The fraction of sp³-hybridized carbons (Fsp3) is 0.800. The molecule has 0 bridgehead atoms. The summed E-state index contributed by atoms with van der Waals surface area (Å²) in [6.07, 6.45) is 3.23. The second kappa shape index (κ2) is 8.30. The number of nitrogens with zero attached hydrogens (tertiary/aromatic N) is 1. The number of ether oxygens (including phenoxy) is 1. The van der Waals surface area contributed by atoms with Crippen molar-refractivity contribution in [2.24, 2.45) is 0 Å². The maximum Gasteiger partial charge on any atom is 0.337 e. The third-order valence-corrected chi connectivity index (χ3v) is 3.40. The summed E-state index contributed by atoms with van der Waals surface area (Å²) in [5.41, 5.74) is 0.476. The second-order valence-corrected chi connectivity index (χ2v) is 5.17. The lowest BCUT2D eigenvalue weighted by molar-refractivity contribution is -0.967. The van der Waals surface area contributed by atoms with Crippen LogP contribution in [0, 0.1) is 0 Å². The molecule has 0 radical (unpaired) electrons. The van der Waals surface area contributed by atoms with Crippen LogP contribution in [0.3, 0.4) is 0 Å². The summed E-state index contributed by atoms with van der Waals surface area (Å²) < 4.78 is 6.45. The lowest BCUT2D eigenvalue weighted by Crippen LogP contribution is -2.57. The zero-order chi connectivity index (χ0) is 14.2. The first kappa shape index (κ1) is 17.2. The smallest absolute Gasteiger partial charge is 0.337 e. The van der Waals surface area contributed by atoms with Crippen molar-refractivity contribution in [2.75, 3.05) is 19.6 Å². The molecule has 3 nitrogen and oxygen atoms in total. The van der Waals surface area contributed by atoms with Gasteiger partial charge in [-0.15, -0.1) is 0 Å². The highest BCUT2D eigenvalue weighted by atomic mass is 16.6. The summed E-state index contributed by atoms with van der Waals surface area (Å²) in [6, 6.07) is 0. The van der Waals surface area contributed by atoms with Crippen molar-refractivity contribution in [3.63, 3.8) is 0 Å². The van der Waals surface area contributed by atoms with Crippen molar-refractivity contribution >= 4 is 5.97 Å². The van der Waals surface area contributed by atoms with E-state index in [9.17, 15) is 4.79 Å². The van der Waals surface area contributed by atoms with Crippen molar-refractivity contribution in [2.45, 2.75) is 60.1 Å². The van der Waals surface area contributed by atoms with Crippen molar-refractivity contribution in [1.29, 1.82) is 0 Å². The van der Waals surface area contributed by atoms with Crippen molar-refractivity contribution in [3.8, 4) is 0 Å². The van der Waals surface area contributed by atoms with Crippen LogP contribution in [0.2, 0.25) is 0 Å². The van der Waals surface area contributed by atoms with Gasteiger partial charge in [0.05, 0.1) is 19.6 Å². The summed E-state index contributed by atoms with van der Waals surface area (Å²) in [6.45, 7) is 17.1. The number of rotatable bonds is 9. The third kappa shape index (κ3) is 4.81. The molecule has 0 aromatic rings. The highest BCUT2D eigenvalue weighted by molar-refractivity contribution is 5.86. The second-order valence-electron chi connectivity index (χ2n) is 5.17. The molecule has 0 fully saturated rings. The molecule has 0 heterocycles. The SMILES string of the molecule is C=C(C)C(=O)OC(C)[N+](CCC)(CCC)CCC. The lowest BCUT2D eigenvalue weighted by atomic mass is 10.2. The minimum Gasteiger partial charge on any atom is -0.409 e. The molecule has 0 spiro atoms. The maximum atomic E-state index is 11.7. The molecule has 1 unspecified atom stereocenters. The third-order valence-electron chi connectivity index (χ3n) is 3.40. The van der Waals surface area contributed by atoms with Crippen LogP contribution >= 0.6 is 0 Å². The van der Waals surface area contributed by atoms with Crippen LogP contribution in [0.5, 0.6) is 0 Å². The van der Waals surface area contributed by atoms with E-state index in [-0.39, 0.29) is 12.2 Å². The Morgan fingerprint density at radius 2 is 1.50 bits per heavy atom. The van der Waals surface area contributed by atoms with Gasteiger partial charge in [0.2, 0.25) is 6.23 Å². The first-order valence-electron chi connectivity index (χ1n) is 7.15. The Morgan fingerprint density at radius 1 is 1.11 bits per heavy atom. The zero-order valence-electron chi connectivity index (χ0n) is 12.8. The largest absolute Gasteiger partial charge is 0.409 e. The van der Waals surface area contributed by atoms with Crippen molar-refractivity contribution < 1.29 is 14.0 Å². The first-order valence-corrected chi connectivity index (χ1v) is 7.15. The molecule has 0 aromatic carbocycles. The highest BCUT2D eigenvalue weighted by Crippen LogP contribution is 2.19. The molecule has 0 aromatic heterocycles. The molecule has 0 rings (SSSR count). The Labute approximate surface area is 112 Å². The molecular weight excluding hydrogens is 226 g/mol. The van der Waals surface area contributed by atoms with E-state index in [0.29, 0.717) is 5.57 Å². The average Bonchev–Trinajstić information content (AvgIpc) is 2.29. The molecular formula is C15H30NO2+. The number of hydrogen-bond acceptors (Lipinski definition) is 2. The molecule has 18 heavy (non-hydrogen) atoms. The van der Waals surface area contributed by atoms with E-state index >= 15 is 0 Å². The number of hydrogen-bond donors (Lipinski definition) is 0. The van der Waals surface area contributed by atoms with Crippen LogP contribution in [0.4, 0.5) is 0 Å². The van der Waals surface area contributed by atoms with Gasteiger partial charge >= 0.3 is 5.97 Å². The summed E-state index contributed by atoms with van der Waals surface area (Å²) in [5, 5.41) is 0. The highest BCUT2D eigenvalue weighted by Gasteiger charge is 2.34. The van der Waals surface area contributed by atoms with Crippen LogP contribution in [0.15, 0.2) is 12.2 Å². The van der Waals surface area contributed by atoms with Crippen LogP contribution in [0.25, 0.3) is 0 Å². The van der Waals surface area contributed by atoms with Gasteiger partial charge in [0, 0.05) is 12.5 Å². The molecule has 0 aliphatic carbocycles. The minimum atomic E-state index is -0.270. The predicted molar refractivity (Wildman–Crippen MR) is 76.1 cm³/mol. The Hall–Kier alpha value is -0.830. The molecule has 1 atom stereocenters. The van der Waals surface area contributed by atoms with Crippen LogP contribution in [-0.4, -0.2) is 36.3 Å². The van der Waals surface area contributed by atoms with E-state index < -0.39 is 0 Å². The Balaban J connectivity index is 4.89. The molecule has 0 saturated carbocycles. The zero-order valence-corrected chi connectivity index (χ0v) is 12.8. The first-order chi connectivity index (χ1) is 8.43. The Bertz CT molecular complexity index is 257.